The minimum Gasteiger partial charge on any atom is -0.372 e. The average molecular weight is 711 g/mol. The highest BCUT2D eigenvalue weighted by Gasteiger charge is 2.33. The van der Waals surface area contributed by atoms with Crippen LogP contribution in [0.3, 0.4) is 0 Å². The van der Waals surface area contributed by atoms with Gasteiger partial charge in [-0.2, -0.15) is 0 Å². The van der Waals surface area contributed by atoms with Crippen LogP contribution >= 0.6 is 0 Å². The van der Waals surface area contributed by atoms with Gasteiger partial charge in [-0.25, -0.2) is 9.59 Å². The second-order valence-corrected chi connectivity index (χ2v) is 16.8. The third kappa shape index (κ3) is 9.96. The molecule has 284 valence electrons. The molecule has 0 unspecified atom stereocenters. The number of rotatable bonds is 10. The first kappa shape index (κ1) is 36.9. The molecule has 3 saturated carbocycles. The van der Waals surface area contributed by atoms with Crippen molar-refractivity contribution in [2.45, 2.75) is 141 Å². The van der Waals surface area contributed by atoms with Crippen LogP contribution < -0.4 is 20.4 Å². The third-order valence-electron chi connectivity index (χ3n) is 13.1. The predicted octanol–water partition coefficient (Wildman–Crippen LogP) is 10.5. The summed E-state index contributed by atoms with van der Waals surface area (Å²) in [6, 6.07) is 17.8. The Morgan fingerprint density at radius 2 is 0.788 bits per heavy atom. The molecule has 2 aliphatic heterocycles. The second kappa shape index (κ2) is 18.6. The monoisotopic (exact) mass is 711 g/mol. The standard InChI is InChI=1S/C44H66N6O2/c51-43(45-37-21-25-39(26-22-37)47-29-9-10-30-47)49(41-13-5-1-2-6-14-41)33-35-17-19-36(20-18-35)34-50(42-15-7-3-4-8-16-42)44(52)46-38-23-27-40(28-24-38)48-31-11-12-32-48/h21-28,35-36,41-42H,1-20,29-34H2,(H,45,51)(H,46,52)/t35-,36-. The molecular formula is C44H66N6O2. The molecule has 0 aromatic heterocycles. The smallest absolute Gasteiger partial charge is 0.322 e. The molecule has 7 rings (SSSR count). The Morgan fingerprint density at radius 3 is 1.12 bits per heavy atom. The molecule has 5 fully saturated rings. The summed E-state index contributed by atoms with van der Waals surface area (Å²) in [5, 5.41) is 6.62. The molecule has 8 heteroatoms. The van der Waals surface area contributed by atoms with E-state index >= 15 is 0 Å². The highest BCUT2D eigenvalue weighted by Crippen LogP contribution is 2.34. The van der Waals surface area contributed by atoms with Crippen LogP contribution in [0.4, 0.5) is 32.3 Å². The Balaban J connectivity index is 0.960. The molecule has 2 aromatic rings. The molecule has 0 bridgehead atoms. The van der Waals surface area contributed by atoms with Crippen molar-refractivity contribution >= 4 is 34.8 Å². The number of nitrogens with one attached hydrogen (secondary N) is 2. The lowest BCUT2D eigenvalue weighted by Crippen LogP contribution is -2.47. The van der Waals surface area contributed by atoms with E-state index in [0.29, 0.717) is 23.9 Å². The van der Waals surface area contributed by atoms with E-state index in [1.165, 1.54) is 88.4 Å². The van der Waals surface area contributed by atoms with Crippen molar-refractivity contribution in [2.24, 2.45) is 11.8 Å². The topological polar surface area (TPSA) is 71.2 Å². The van der Waals surface area contributed by atoms with Gasteiger partial charge in [0.25, 0.3) is 0 Å². The number of hydrogen-bond donors (Lipinski definition) is 2. The van der Waals surface area contributed by atoms with Crippen molar-refractivity contribution in [1.29, 1.82) is 0 Å². The Kier molecular flexibility index (Phi) is 13.2. The minimum atomic E-state index is 0.0765. The van der Waals surface area contributed by atoms with Crippen molar-refractivity contribution in [3.63, 3.8) is 0 Å². The van der Waals surface area contributed by atoms with Crippen LogP contribution in [0.1, 0.15) is 128 Å². The third-order valence-corrected chi connectivity index (χ3v) is 13.1. The van der Waals surface area contributed by atoms with Crippen LogP contribution in [0.15, 0.2) is 48.5 Å². The predicted molar refractivity (Wildman–Crippen MR) is 216 cm³/mol. The van der Waals surface area contributed by atoms with Crippen LogP contribution in [0.2, 0.25) is 0 Å². The lowest BCUT2D eigenvalue weighted by atomic mass is 9.81. The summed E-state index contributed by atoms with van der Waals surface area (Å²) in [5.74, 6) is 1.02. The molecule has 8 nitrogen and oxygen atoms in total. The van der Waals surface area contributed by atoms with E-state index in [2.05, 4.69) is 78.8 Å². The zero-order valence-electron chi connectivity index (χ0n) is 31.9. The lowest BCUT2D eigenvalue weighted by molar-refractivity contribution is 0.126. The molecule has 2 N–H and O–H groups in total. The normalized spacial score (nSPS) is 23.5. The van der Waals surface area contributed by atoms with Gasteiger partial charge >= 0.3 is 12.1 Å². The van der Waals surface area contributed by atoms with Gasteiger partial charge in [-0.15, -0.1) is 0 Å². The van der Waals surface area contributed by atoms with E-state index in [4.69, 9.17) is 0 Å². The van der Waals surface area contributed by atoms with Crippen LogP contribution in [0.5, 0.6) is 0 Å². The summed E-state index contributed by atoms with van der Waals surface area (Å²) in [6.45, 7) is 6.20. The van der Waals surface area contributed by atoms with Crippen molar-refractivity contribution in [2.75, 3.05) is 59.7 Å². The van der Waals surface area contributed by atoms with Crippen molar-refractivity contribution in [3.05, 3.63) is 48.5 Å². The first-order chi connectivity index (χ1) is 25.6. The van der Waals surface area contributed by atoms with Gasteiger partial charge in [0, 0.05) is 74.1 Å². The number of benzene rings is 2. The maximum atomic E-state index is 14.0. The average Bonchev–Trinajstić information content (AvgIpc) is 3.78. The fraction of sp³-hybridized carbons (Fsp3) is 0.682. The summed E-state index contributed by atoms with van der Waals surface area (Å²) in [5.41, 5.74) is 4.31. The van der Waals surface area contributed by atoms with E-state index in [1.807, 2.05) is 0 Å². The molecule has 2 aromatic carbocycles. The largest absolute Gasteiger partial charge is 0.372 e. The summed E-state index contributed by atoms with van der Waals surface area (Å²) >= 11 is 0. The first-order valence-electron chi connectivity index (χ1n) is 21.4. The number of urea groups is 2. The minimum absolute atomic E-state index is 0.0765. The molecule has 0 radical (unpaired) electrons. The van der Waals surface area contributed by atoms with Gasteiger partial charge in [0.1, 0.15) is 0 Å². The maximum Gasteiger partial charge on any atom is 0.322 e. The van der Waals surface area contributed by atoms with Crippen LogP contribution in [-0.2, 0) is 0 Å². The van der Waals surface area contributed by atoms with Crippen LogP contribution in [0.25, 0.3) is 0 Å². The van der Waals surface area contributed by atoms with Crippen LogP contribution in [0, 0.1) is 11.8 Å². The van der Waals surface area contributed by atoms with E-state index in [9.17, 15) is 9.59 Å². The fourth-order valence-electron chi connectivity index (χ4n) is 9.94. The first-order valence-corrected chi connectivity index (χ1v) is 21.4. The molecule has 0 atom stereocenters. The summed E-state index contributed by atoms with van der Waals surface area (Å²) < 4.78 is 0. The fourth-order valence-corrected chi connectivity index (χ4v) is 9.94. The summed E-state index contributed by atoms with van der Waals surface area (Å²) in [4.78, 5) is 37.4. The van der Waals surface area contributed by atoms with Gasteiger partial charge in [-0.1, -0.05) is 51.4 Å². The molecule has 52 heavy (non-hydrogen) atoms. The molecule has 2 saturated heterocycles. The Hall–Kier alpha value is -3.42. The van der Waals surface area contributed by atoms with Gasteiger partial charge < -0.3 is 30.2 Å². The molecule has 0 spiro atoms. The number of amides is 4. The quantitative estimate of drug-likeness (QED) is 0.241. The number of carbonyl (C=O) groups is 2. The highest BCUT2D eigenvalue weighted by molar-refractivity contribution is 5.90. The number of hydrogen-bond acceptors (Lipinski definition) is 4. The van der Waals surface area contributed by atoms with Gasteiger partial charge in [-0.3, -0.25) is 0 Å². The number of nitrogens with zero attached hydrogens (tertiary/aromatic N) is 4. The SMILES string of the molecule is O=C(Nc1ccc(N2CCCC2)cc1)N(C[C@H]1CC[C@H](CN(C(=O)Nc2ccc(N3CCCC3)cc2)C2CCCCCC2)CC1)C1CCCCCC1. The van der Waals surface area contributed by atoms with Crippen molar-refractivity contribution < 1.29 is 9.59 Å². The van der Waals surface area contributed by atoms with Gasteiger partial charge in [-0.05, 0) is 137 Å². The number of anilines is 4. The second-order valence-electron chi connectivity index (χ2n) is 16.8. The van der Waals surface area contributed by atoms with Gasteiger partial charge in [0.05, 0.1) is 0 Å². The zero-order valence-corrected chi connectivity index (χ0v) is 31.9. The van der Waals surface area contributed by atoms with Crippen molar-refractivity contribution in [3.8, 4) is 0 Å². The Labute approximate surface area is 314 Å². The summed E-state index contributed by atoms with van der Waals surface area (Å²) in [6.07, 6.45) is 24.0. The van der Waals surface area contributed by atoms with Gasteiger partial charge in [0.15, 0.2) is 0 Å². The number of carbonyl (C=O) groups excluding carboxylic acids is 2. The van der Waals surface area contributed by atoms with Gasteiger partial charge in [0.2, 0.25) is 0 Å². The van der Waals surface area contributed by atoms with E-state index in [-0.39, 0.29) is 12.1 Å². The van der Waals surface area contributed by atoms with Crippen molar-refractivity contribution in [1.82, 2.24) is 9.80 Å². The van der Waals surface area contributed by atoms with E-state index in [1.54, 1.807) is 0 Å². The zero-order chi connectivity index (χ0) is 35.5. The van der Waals surface area contributed by atoms with E-state index in [0.717, 1.165) is 102 Å². The van der Waals surface area contributed by atoms with E-state index < -0.39 is 0 Å². The summed E-state index contributed by atoms with van der Waals surface area (Å²) in [7, 11) is 0. The highest BCUT2D eigenvalue weighted by atomic mass is 16.2. The Morgan fingerprint density at radius 1 is 0.462 bits per heavy atom. The molecule has 5 aliphatic rings. The molecule has 4 amide bonds. The molecule has 3 aliphatic carbocycles. The molecule has 2 heterocycles. The maximum absolute atomic E-state index is 14.0. The Bertz CT molecular complexity index is 1270. The molecular weight excluding hydrogens is 645 g/mol. The van der Waals surface area contributed by atoms with Crippen LogP contribution in [-0.4, -0.2) is 73.2 Å². The lowest BCUT2D eigenvalue weighted by Gasteiger charge is -2.39.